The van der Waals surface area contributed by atoms with Crippen molar-refractivity contribution in [2.45, 2.75) is 0 Å². The maximum Gasteiger partial charge on any atom is 0.204 e. The van der Waals surface area contributed by atoms with E-state index >= 15 is 0 Å². The lowest BCUT2D eigenvalue weighted by molar-refractivity contribution is 0.365. The number of rotatable bonds is 1. The van der Waals surface area contributed by atoms with E-state index in [0.717, 1.165) is 12.1 Å². The van der Waals surface area contributed by atoms with Crippen molar-refractivity contribution in [2.24, 2.45) is 0 Å². The van der Waals surface area contributed by atoms with E-state index in [-0.39, 0.29) is 11.1 Å². The van der Waals surface area contributed by atoms with Crippen LogP contribution in [0.15, 0.2) is 24.3 Å². The van der Waals surface area contributed by atoms with Crippen LogP contribution in [0.4, 0.5) is 8.78 Å². The maximum absolute atomic E-state index is 13.1. The van der Waals surface area contributed by atoms with Crippen molar-refractivity contribution in [2.75, 3.05) is 0 Å². The minimum atomic E-state index is -1.56. The normalized spacial score (nSPS) is 10.6. The number of benzene rings is 2. The van der Waals surface area contributed by atoms with Gasteiger partial charge < -0.3 is 20.4 Å². The Hall–Kier alpha value is -2.50. The molecular formula is C12H8F2O4. The van der Waals surface area contributed by atoms with E-state index in [2.05, 4.69) is 0 Å². The Labute approximate surface area is 100.0 Å². The van der Waals surface area contributed by atoms with Gasteiger partial charge in [0.25, 0.3) is 0 Å². The highest BCUT2D eigenvalue weighted by Gasteiger charge is 2.18. The van der Waals surface area contributed by atoms with Crippen LogP contribution >= 0.6 is 0 Å². The second-order valence-corrected chi connectivity index (χ2v) is 3.62. The Morgan fingerprint density at radius 3 is 2.06 bits per heavy atom. The van der Waals surface area contributed by atoms with E-state index in [1.54, 1.807) is 0 Å². The molecule has 0 saturated carbocycles. The first-order valence-electron chi connectivity index (χ1n) is 4.84. The van der Waals surface area contributed by atoms with Crippen molar-refractivity contribution in [1.82, 2.24) is 0 Å². The van der Waals surface area contributed by atoms with Gasteiger partial charge in [0.05, 0.1) is 0 Å². The molecular weight excluding hydrogens is 246 g/mol. The number of hydrogen-bond donors (Lipinski definition) is 4. The van der Waals surface area contributed by atoms with Crippen LogP contribution in [-0.2, 0) is 0 Å². The van der Waals surface area contributed by atoms with E-state index in [1.165, 1.54) is 6.07 Å². The van der Waals surface area contributed by atoms with E-state index in [4.69, 9.17) is 5.11 Å². The first-order chi connectivity index (χ1) is 8.41. The van der Waals surface area contributed by atoms with Gasteiger partial charge in [0, 0.05) is 5.56 Å². The number of halogens is 2. The lowest BCUT2D eigenvalue weighted by Crippen LogP contribution is -1.89. The van der Waals surface area contributed by atoms with E-state index in [0.29, 0.717) is 6.07 Å². The predicted molar refractivity (Wildman–Crippen MR) is 58.5 cm³/mol. The van der Waals surface area contributed by atoms with Crippen molar-refractivity contribution < 1.29 is 29.2 Å². The predicted octanol–water partition coefficient (Wildman–Crippen LogP) is 2.45. The summed E-state index contributed by atoms with van der Waals surface area (Å²) in [5.41, 5.74) is -0.0984. The molecule has 4 nitrogen and oxygen atoms in total. The Balaban J connectivity index is 2.67. The molecule has 0 saturated heterocycles. The molecule has 0 aliphatic rings. The molecule has 0 radical (unpaired) electrons. The zero-order valence-electron chi connectivity index (χ0n) is 8.85. The largest absolute Gasteiger partial charge is 0.504 e. The molecule has 2 aromatic rings. The standard InChI is InChI=1S/C12H8F2O4/c13-7-4-6(11(17)12(18)10(7)14)5-1-2-8(15)9(16)3-5/h1-4,15-18H. The summed E-state index contributed by atoms with van der Waals surface area (Å²) in [6.45, 7) is 0. The van der Waals surface area contributed by atoms with Gasteiger partial charge in [-0.05, 0) is 23.8 Å². The number of phenolic OH excluding ortho intramolecular Hbond substituents is 4. The molecule has 18 heavy (non-hydrogen) atoms. The smallest absolute Gasteiger partial charge is 0.204 e. The first-order valence-corrected chi connectivity index (χ1v) is 4.84. The molecule has 0 fully saturated rings. The van der Waals surface area contributed by atoms with E-state index < -0.39 is 34.6 Å². The average Bonchev–Trinajstić information content (AvgIpc) is 2.35. The van der Waals surface area contributed by atoms with Crippen molar-refractivity contribution in [1.29, 1.82) is 0 Å². The molecule has 0 atom stereocenters. The summed E-state index contributed by atoms with van der Waals surface area (Å²) in [6.07, 6.45) is 0. The highest BCUT2D eigenvalue weighted by Crippen LogP contribution is 2.41. The summed E-state index contributed by atoms with van der Waals surface area (Å²) < 4.78 is 26.1. The highest BCUT2D eigenvalue weighted by molar-refractivity contribution is 5.75. The first kappa shape index (κ1) is 12.0. The fourth-order valence-corrected chi connectivity index (χ4v) is 1.51. The van der Waals surface area contributed by atoms with Gasteiger partial charge in [0.15, 0.2) is 28.8 Å². The van der Waals surface area contributed by atoms with Gasteiger partial charge in [0.1, 0.15) is 0 Å². The summed E-state index contributed by atoms with van der Waals surface area (Å²) in [5, 5.41) is 37.1. The van der Waals surface area contributed by atoms with Crippen LogP contribution in [0.25, 0.3) is 11.1 Å². The van der Waals surface area contributed by atoms with Crippen molar-refractivity contribution >= 4 is 0 Å². The van der Waals surface area contributed by atoms with Gasteiger partial charge >= 0.3 is 0 Å². The Morgan fingerprint density at radius 2 is 1.44 bits per heavy atom. The summed E-state index contributed by atoms with van der Waals surface area (Å²) in [6, 6.07) is 4.10. The van der Waals surface area contributed by atoms with Gasteiger partial charge in [-0.3, -0.25) is 0 Å². The number of hydrogen-bond acceptors (Lipinski definition) is 4. The fourth-order valence-electron chi connectivity index (χ4n) is 1.51. The zero-order chi connectivity index (χ0) is 13.4. The molecule has 0 aromatic heterocycles. The molecule has 94 valence electrons. The lowest BCUT2D eigenvalue weighted by Gasteiger charge is -2.09. The van der Waals surface area contributed by atoms with Crippen molar-refractivity contribution in [3.05, 3.63) is 35.9 Å². The molecule has 2 aromatic carbocycles. The summed E-state index contributed by atoms with van der Waals surface area (Å²) >= 11 is 0. The molecule has 0 spiro atoms. The molecule has 6 heteroatoms. The molecule has 0 bridgehead atoms. The quantitative estimate of drug-likeness (QED) is 0.589. The SMILES string of the molecule is Oc1ccc(-c2cc(F)c(F)c(O)c2O)cc1O. The summed E-state index contributed by atoms with van der Waals surface area (Å²) in [5.74, 6) is -5.84. The Morgan fingerprint density at radius 1 is 0.778 bits per heavy atom. The van der Waals surface area contributed by atoms with Crippen LogP contribution in [0, 0.1) is 11.6 Å². The monoisotopic (exact) mass is 254 g/mol. The van der Waals surface area contributed by atoms with Crippen LogP contribution in [-0.4, -0.2) is 20.4 Å². The van der Waals surface area contributed by atoms with Crippen molar-refractivity contribution in [3.63, 3.8) is 0 Å². The summed E-state index contributed by atoms with van der Waals surface area (Å²) in [4.78, 5) is 0. The minimum absolute atomic E-state index is 0.108. The van der Waals surface area contributed by atoms with Crippen LogP contribution in [0.3, 0.4) is 0 Å². The minimum Gasteiger partial charge on any atom is -0.504 e. The summed E-state index contributed by atoms with van der Waals surface area (Å²) in [7, 11) is 0. The van der Waals surface area contributed by atoms with Crippen LogP contribution in [0.2, 0.25) is 0 Å². The molecule has 2 rings (SSSR count). The van der Waals surface area contributed by atoms with E-state index in [9.17, 15) is 24.1 Å². The van der Waals surface area contributed by atoms with E-state index in [1.807, 2.05) is 0 Å². The number of aromatic hydroxyl groups is 4. The van der Waals surface area contributed by atoms with Gasteiger partial charge in [0.2, 0.25) is 5.82 Å². The fraction of sp³-hybridized carbons (Fsp3) is 0. The molecule has 0 heterocycles. The second-order valence-electron chi connectivity index (χ2n) is 3.62. The maximum atomic E-state index is 13.1. The molecule has 0 amide bonds. The third-order valence-corrected chi connectivity index (χ3v) is 2.45. The van der Waals surface area contributed by atoms with Gasteiger partial charge in [-0.1, -0.05) is 6.07 Å². The van der Waals surface area contributed by atoms with Crippen molar-refractivity contribution in [3.8, 4) is 34.1 Å². The number of phenols is 4. The third kappa shape index (κ3) is 1.77. The van der Waals surface area contributed by atoms with Gasteiger partial charge in [-0.25, -0.2) is 4.39 Å². The zero-order valence-corrected chi connectivity index (χ0v) is 8.85. The topological polar surface area (TPSA) is 80.9 Å². The Kier molecular flexibility index (Phi) is 2.70. The van der Waals surface area contributed by atoms with Crippen LogP contribution in [0.5, 0.6) is 23.0 Å². The average molecular weight is 254 g/mol. The molecule has 0 aliphatic heterocycles. The van der Waals surface area contributed by atoms with Gasteiger partial charge in [-0.15, -0.1) is 0 Å². The molecule has 0 unspecified atom stereocenters. The van der Waals surface area contributed by atoms with Gasteiger partial charge in [-0.2, -0.15) is 4.39 Å². The third-order valence-electron chi connectivity index (χ3n) is 2.45. The molecule has 0 aliphatic carbocycles. The van der Waals surface area contributed by atoms with Crippen LogP contribution < -0.4 is 0 Å². The molecule has 4 N–H and O–H groups in total. The second kappa shape index (κ2) is 4.06. The highest BCUT2D eigenvalue weighted by atomic mass is 19.2. The van der Waals surface area contributed by atoms with Crippen LogP contribution in [0.1, 0.15) is 0 Å². The Bertz CT molecular complexity index is 626. The lowest BCUT2D eigenvalue weighted by atomic mass is 10.0.